The van der Waals surface area contributed by atoms with E-state index >= 15 is 0 Å². The maximum absolute atomic E-state index is 14.9. The number of hydrogen-bond donors (Lipinski definition) is 1. The molecule has 1 heterocycles. The van der Waals surface area contributed by atoms with E-state index in [9.17, 15) is 14.0 Å². The van der Waals surface area contributed by atoms with E-state index in [1.807, 2.05) is 6.07 Å². The lowest BCUT2D eigenvalue weighted by atomic mass is 10.0. The summed E-state index contributed by atoms with van der Waals surface area (Å²) in [7, 11) is 0. The Kier molecular flexibility index (Phi) is 5.93. The van der Waals surface area contributed by atoms with Crippen LogP contribution in [0, 0.1) is 5.82 Å². The Labute approximate surface area is 174 Å². The van der Waals surface area contributed by atoms with Crippen molar-refractivity contribution < 1.29 is 18.4 Å². The SMILES string of the molecule is O=C(NC1CCCC1)C(c1ccccc1F)N(C(=O)c1ccco1)c1ccccc1. The number of anilines is 1. The van der Waals surface area contributed by atoms with Gasteiger partial charge in [-0.15, -0.1) is 0 Å². The second-order valence-corrected chi connectivity index (χ2v) is 7.40. The number of nitrogens with zero attached hydrogens (tertiary/aromatic N) is 1. The normalized spacial score (nSPS) is 15.0. The summed E-state index contributed by atoms with van der Waals surface area (Å²) in [4.78, 5) is 28.1. The highest BCUT2D eigenvalue weighted by atomic mass is 19.1. The van der Waals surface area contributed by atoms with Crippen LogP contribution in [0.25, 0.3) is 0 Å². The van der Waals surface area contributed by atoms with Crippen LogP contribution in [0.15, 0.2) is 77.4 Å². The zero-order chi connectivity index (χ0) is 20.9. The van der Waals surface area contributed by atoms with E-state index in [0.717, 1.165) is 25.7 Å². The van der Waals surface area contributed by atoms with Crippen LogP contribution in [-0.2, 0) is 4.79 Å². The van der Waals surface area contributed by atoms with Crippen LogP contribution in [0.2, 0.25) is 0 Å². The number of para-hydroxylation sites is 1. The number of hydrogen-bond acceptors (Lipinski definition) is 3. The average molecular weight is 406 g/mol. The molecule has 0 bridgehead atoms. The summed E-state index contributed by atoms with van der Waals surface area (Å²) < 4.78 is 20.2. The van der Waals surface area contributed by atoms with Gasteiger partial charge >= 0.3 is 0 Å². The molecule has 1 N–H and O–H groups in total. The molecule has 0 aliphatic heterocycles. The Hall–Kier alpha value is -3.41. The van der Waals surface area contributed by atoms with Gasteiger partial charge in [-0.25, -0.2) is 4.39 Å². The number of nitrogens with one attached hydrogen (secondary N) is 1. The molecule has 1 saturated carbocycles. The summed E-state index contributed by atoms with van der Waals surface area (Å²) in [6.45, 7) is 0. The summed E-state index contributed by atoms with van der Waals surface area (Å²) >= 11 is 0. The lowest BCUT2D eigenvalue weighted by Gasteiger charge is -2.32. The van der Waals surface area contributed by atoms with Crippen molar-refractivity contribution in [2.75, 3.05) is 4.90 Å². The zero-order valence-corrected chi connectivity index (χ0v) is 16.5. The van der Waals surface area contributed by atoms with Crippen molar-refractivity contribution in [3.63, 3.8) is 0 Å². The van der Waals surface area contributed by atoms with Gasteiger partial charge in [0, 0.05) is 17.3 Å². The lowest BCUT2D eigenvalue weighted by molar-refractivity contribution is -0.123. The van der Waals surface area contributed by atoms with E-state index in [1.165, 1.54) is 23.3 Å². The molecule has 1 aliphatic rings. The fraction of sp³-hybridized carbons (Fsp3) is 0.250. The number of halogens is 1. The Morgan fingerprint density at radius 2 is 1.67 bits per heavy atom. The molecule has 4 rings (SSSR count). The Balaban J connectivity index is 1.81. The van der Waals surface area contributed by atoms with Gasteiger partial charge in [-0.05, 0) is 43.2 Å². The van der Waals surface area contributed by atoms with E-state index in [1.54, 1.807) is 48.5 Å². The van der Waals surface area contributed by atoms with Crippen molar-refractivity contribution >= 4 is 17.5 Å². The van der Waals surface area contributed by atoms with Gasteiger partial charge in [-0.2, -0.15) is 0 Å². The Morgan fingerprint density at radius 1 is 0.967 bits per heavy atom. The smallest absolute Gasteiger partial charge is 0.294 e. The lowest BCUT2D eigenvalue weighted by Crippen LogP contribution is -2.46. The predicted octanol–water partition coefficient (Wildman–Crippen LogP) is 4.87. The molecule has 1 atom stereocenters. The van der Waals surface area contributed by atoms with E-state index < -0.39 is 23.7 Å². The molecule has 0 radical (unpaired) electrons. The van der Waals surface area contributed by atoms with Gasteiger partial charge in [0.15, 0.2) is 5.76 Å². The van der Waals surface area contributed by atoms with Crippen LogP contribution in [-0.4, -0.2) is 17.9 Å². The molecule has 2 aromatic carbocycles. The quantitative estimate of drug-likeness (QED) is 0.636. The van der Waals surface area contributed by atoms with E-state index in [0.29, 0.717) is 5.69 Å². The maximum Gasteiger partial charge on any atom is 0.294 e. The summed E-state index contributed by atoms with van der Waals surface area (Å²) in [6.07, 6.45) is 5.25. The van der Waals surface area contributed by atoms with Crippen LogP contribution in [0.4, 0.5) is 10.1 Å². The maximum atomic E-state index is 14.9. The Morgan fingerprint density at radius 3 is 2.33 bits per heavy atom. The van der Waals surface area contributed by atoms with Gasteiger partial charge in [0.05, 0.1) is 6.26 Å². The van der Waals surface area contributed by atoms with Crippen molar-refractivity contribution in [1.82, 2.24) is 5.32 Å². The molecule has 0 saturated heterocycles. The molecule has 1 aromatic heterocycles. The second-order valence-electron chi connectivity index (χ2n) is 7.40. The molecule has 2 amide bonds. The molecule has 154 valence electrons. The summed E-state index contributed by atoms with van der Waals surface area (Å²) in [5.74, 6) is -1.39. The number of carbonyl (C=O) groups is 2. The molecular formula is C24H23FN2O3. The number of furan rings is 1. The minimum absolute atomic E-state index is 0.0307. The van der Waals surface area contributed by atoms with Crippen molar-refractivity contribution in [2.45, 2.75) is 37.8 Å². The molecular weight excluding hydrogens is 383 g/mol. The average Bonchev–Trinajstić information content (AvgIpc) is 3.47. The van der Waals surface area contributed by atoms with Gasteiger partial charge in [-0.3, -0.25) is 14.5 Å². The van der Waals surface area contributed by atoms with Crippen molar-refractivity contribution in [2.24, 2.45) is 0 Å². The van der Waals surface area contributed by atoms with Crippen LogP contribution < -0.4 is 10.2 Å². The van der Waals surface area contributed by atoms with Crippen LogP contribution >= 0.6 is 0 Å². The number of carbonyl (C=O) groups excluding carboxylic acids is 2. The molecule has 6 heteroatoms. The minimum Gasteiger partial charge on any atom is -0.459 e. The fourth-order valence-electron chi connectivity index (χ4n) is 3.94. The van der Waals surface area contributed by atoms with Gasteiger partial charge in [0.25, 0.3) is 5.91 Å². The van der Waals surface area contributed by atoms with E-state index in [4.69, 9.17) is 4.42 Å². The first-order valence-corrected chi connectivity index (χ1v) is 10.1. The second kappa shape index (κ2) is 8.95. The summed E-state index contributed by atoms with van der Waals surface area (Å²) in [6, 6.07) is 16.8. The van der Waals surface area contributed by atoms with Gasteiger partial charge in [0.1, 0.15) is 11.9 Å². The fourth-order valence-corrected chi connectivity index (χ4v) is 3.94. The first kappa shape index (κ1) is 19.9. The molecule has 1 unspecified atom stereocenters. The Bertz CT molecular complexity index is 998. The molecule has 3 aromatic rings. The number of rotatable bonds is 6. The molecule has 0 spiro atoms. The molecule has 1 aliphatic carbocycles. The monoisotopic (exact) mass is 406 g/mol. The van der Waals surface area contributed by atoms with Crippen LogP contribution in [0.5, 0.6) is 0 Å². The van der Waals surface area contributed by atoms with Crippen molar-refractivity contribution in [3.05, 3.63) is 90.1 Å². The van der Waals surface area contributed by atoms with Crippen molar-refractivity contribution in [1.29, 1.82) is 0 Å². The van der Waals surface area contributed by atoms with E-state index in [-0.39, 0.29) is 17.4 Å². The van der Waals surface area contributed by atoms with Crippen molar-refractivity contribution in [3.8, 4) is 0 Å². The summed E-state index contributed by atoms with van der Waals surface area (Å²) in [5.41, 5.74) is 0.616. The minimum atomic E-state index is -1.17. The largest absolute Gasteiger partial charge is 0.459 e. The third-order valence-corrected chi connectivity index (χ3v) is 5.39. The molecule has 5 nitrogen and oxygen atoms in total. The molecule has 1 fully saturated rings. The van der Waals surface area contributed by atoms with Gasteiger partial charge < -0.3 is 9.73 Å². The highest BCUT2D eigenvalue weighted by Crippen LogP contribution is 2.32. The van der Waals surface area contributed by atoms with Crippen LogP contribution in [0.1, 0.15) is 47.8 Å². The number of benzene rings is 2. The summed E-state index contributed by atoms with van der Waals surface area (Å²) in [5, 5.41) is 3.02. The molecule has 30 heavy (non-hydrogen) atoms. The zero-order valence-electron chi connectivity index (χ0n) is 16.5. The first-order valence-electron chi connectivity index (χ1n) is 10.1. The van der Waals surface area contributed by atoms with Crippen LogP contribution in [0.3, 0.4) is 0 Å². The highest BCUT2D eigenvalue weighted by Gasteiger charge is 2.37. The van der Waals surface area contributed by atoms with Gasteiger partial charge in [-0.1, -0.05) is 49.2 Å². The highest BCUT2D eigenvalue weighted by molar-refractivity contribution is 6.08. The third kappa shape index (κ3) is 4.13. The topological polar surface area (TPSA) is 62.6 Å². The predicted molar refractivity (Wildman–Crippen MR) is 111 cm³/mol. The standard InChI is InChI=1S/C24H23FN2O3/c25-20-14-7-6-13-19(20)22(23(28)26-17-9-4-5-10-17)27(18-11-2-1-3-12-18)24(29)21-15-8-16-30-21/h1-3,6-8,11-17,22H,4-5,9-10H2,(H,26,28). The van der Waals surface area contributed by atoms with Gasteiger partial charge in [0.2, 0.25) is 5.91 Å². The number of amides is 2. The van der Waals surface area contributed by atoms with E-state index in [2.05, 4.69) is 5.32 Å². The first-order chi connectivity index (χ1) is 14.6. The third-order valence-electron chi connectivity index (χ3n) is 5.39.